The summed E-state index contributed by atoms with van der Waals surface area (Å²) in [5, 5.41) is 9.49. The topological polar surface area (TPSA) is 37.3 Å². The van der Waals surface area contributed by atoms with Crippen molar-refractivity contribution in [1.29, 1.82) is 0 Å². The standard InChI is InChI=1S/C17H17ClO2S/c18-15-7-9-16(10-8-15)21-11-1-2-13-3-5-14(6-4-13)12-17(19)20/h3-10H,1-2,11-12H2,(H,19,20). The van der Waals surface area contributed by atoms with Crippen molar-refractivity contribution in [1.82, 2.24) is 0 Å². The molecule has 0 aliphatic heterocycles. The average molecular weight is 321 g/mol. The predicted molar refractivity (Wildman–Crippen MR) is 88.3 cm³/mol. The molecule has 0 atom stereocenters. The maximum absolute atomic E-state index is 10.6. The van der Waals surface area contributed by atoms with Gasteiger partial charge in [0.1, 0.15) is 0 Å². The van der Waals surface area contributed by atoms with Crippen molar-refractivity contribution < 1.29 is 9.90 Å². The molecular formula is C17H17ClO2S. The molecule has 0 fully saturated rings. The third-order valence-electron chi connectivity index (χ3n) is 3.07. The molecule has 0 saturated carbocycles. The Hall–Kier alpha value is -1.45. The van der Waals surface area contributed by atoms with Crippen molar-refractivity contribution >= 4 is 29.3 Å². The summed E-state index contributed by atoms with van der Waals surface area (Å²) in [5.74, 6) is 0.264. The van der Waals surface area contributed by atoms with Crippen LogP contribution in [-0.4, -0.2) is 16.8 Å². The first-order valence-corrected chi connectivity index (χ1v) is 8.18. The Bertz CT molecular complexity index is 579. The summed E-state index contributed by atoms with van der Waals surface area (Å²) in [4.78, 5) is 11.8. The zero-order valence-electron chi connectivity index (χ0n) is 11.6. The molecule has 0 aliphatic rings. The zero-order valence-corrected chi connectivity index (χ0v) is 13.2. The smallest absolute Gasteiger partial charge is 0.307 e. The van der Waals surface area contributed by atoms with Crippen LogP contribution in [-0.2, 0) is 17.6 Å². The highest BCUT2D eigenvalue weighted by molar-refractivity contribution is 7.99. The van der Waals surface area contributed by atoms with Crippen molar-refractivity contribution in [3.8, 4) is 0 Å². The minimum absolute atomic E-state index is 0.0900. The van der Waals surface area contributed by atoms with Crippen LogP contribution in [0.25, 0.3) is 0 Å². The molecule has 2 aromatic carbocycles. The third-order valence-corrected chi connectivity index (χ3v) is 4.42. The molecule has 110 valence electrons. The molecule has 0 aromatic heterocycles. The Morgan fingerprint density at radius 3 is 2.24 bits per heavy atom. The van der Waals surface area contributed by atoms with Crippen molar-refractivity contribution in [3.63, 3.8) is 0 Å². The van der Waals surface area contributed by atoms with Crippen LogP contribution in [0.4, 0.5) is 0 Å². The van der Waals surface area contributed by atoms with Crippen LogP contribution in [0.5, 0.6) is 0 Å². The summed E-state index contributed by atoms with van der Waals surface area (Å²) in [6.07, 6.45) is 2.19. The van der Waals surface area contributed by atoms with E-state index in [2.05, 4.69) is 0 Å². The van der Waals surface area contributed by atoms with Gasteiger partial charge in [-0.05, 0) is 54.0 Å². The van der Waals surface area contributed by atoms with Gasteiger partial charge < -0.3 is 5.11 Å². The van der Waals surface area contributed by atoms with Crippen LogP contribution < -0.4 is 0 Å². The fraction of sp³-hybridized carbons (Fsp3) is 0.235. The molecule has 0 radical (unpaired) electrons. The Morgan fingerprint density at radius 2 is 1.62 bits per heavy atom. The maximum atomic E-state index is 10.6. The number of rotatable bonds is 7. The number of benzene rings is 2. The number of hydrogen-bond donors (Lipinski definition) is 1. The molecule has 1 N–H and O–H groups in total. The van der Waals surface area contributed by atoms with Crippen LogP contribution >= 0.6 is 23.4 Å². The highest BCUT2D eigenvalue weighted by Gasteiger charge is 2.01. The molecule has 0 unspecified atom stereocenters. The molecule has 0 aliphatic carbocycles. The number of thioether (sulfide) groups is 1. The van der Waals surface area contributed by atoms with E-state index >= 15 is 0 Å². The van der Waals surface area contributed by atoms with Gasteiger partial charge in [-0.1, -0.05) is 35.9 Å². The average Bonchev–Trinajstić information content (AvgIpc) is 2.46. The van der Waals surface area contributed by atoms with E-state index in [0.717, 1.165) is 29.2 Å². The van der Waals surface area contributed by atoms with Gasteiger partial charge >= 0.3 is 5.97 Å². The van der Waals surface area contributed by atoms with Gasteiger partial charge in [-0.2, -0.15) is 0 Å². The van der Waals surface area contributed by atoms with E-state index in [1.54, 1.807) is 0 Å². The van der Waals surface area contributed by atoms with Gasteiger partial charge in [0, 0.05) is 9.92 Å². The van der Waals surface area contributed by atoms with E-state index in [9.17, 15) is 4.79 Å². The first-order valence-electron chi connectivity index (χ1n) is 6.81. The normalized spacial score (nSPS) is 10.5. The van der Waals surface area contributed by atoms with Gasteiger partial charge in [0.2, 0.25) is 0 Å². The fourth-order valence-corrected chi connectivity index (χ4v) is 2.97. The second-order valence-electron chi connectivity index (χ2n) is 4.79. The lowest BCUT2D eigenvalue weighted by Crippen LogP contribution is -1.99. The largest absolute Gasteiger partial charge is 0.481 e. The van der Waals surface area contributed by atoms with Gasteiger partial charge in [0.15, 0.2) is 0 Å². The van der Waals surface area contributed by atoms with Gasteiger partial charge in [0.05, 0.1) is 6.42 Å². The fourth-order valence-electron chi connectivity index (χ4n) is 2.00. The quantitative estimate of drug-likeness (QED) is 0.594. The Morgan fingerprint density at radius 1 is 1.00 bits per heavy atom. The monoisotopic (exact) mass is 320 g/mol. The minimum Gasteiger partial charge on any atom is -0.481 e. The van der Waals surface area contributed by atoms with Crippen LogP contribution in [0.15, 0.2) is 53.4 Å². The number of carbonyl (C=O) groups is 1. The van der Waals surface area contributed by atoms with Crippen molar-refractivity contribution in [2.75, 3.05) is 5.75 Å². The summed E-state index contributed by atoms with van der Waals surface area (Å²) >= 11 is 7.67. The first kappa shape index (κ1) is 15.9. The molecule has 21 heavy (non-hydrogen) atoms. The highest BCUT2D eigenvalue weighted by atomic mass is 35.5. The lowest BCUT2D eigenvalue weighted by molar-refractivity contribution is -0.136. The zero-order chi connectivity index (χ0) is 15.1. The highest BCUT2D eigenvalue weighted by Crippen LogP contribution is 2.21. The first-order chi connectivity index (χ1) is 10.1. The van der Waals surface area contributed by atoms with Crippen molar-refractivity contribution in [2.24, 2.45) is 0 Å². The van der Waals surface area contributed by atoms with E-state index in [4.69, 9.17) is 16.7 Å². The molecule has 0 saturated heterocycles. The lowest BCUT2D eigenvalue weighted by Gasteiger charge is -2.04. The van der Waals surface area contributed by atoms with Crippen molar-refractivity contribution in [3.05, 3.63) is 64.7 Å². The maximum Gasteiger partial charge on any atom is 0.307 e. The summed E-state index contributed by atoms with van der Waals surface area (Å²) in [7, 11) is 0. The number of aryl methyl sites for hydroxylation is 1. The van der Waals surface area contributed by atoms with E-state index in [-0.39, 0.29) is 6.42 Å². The number of carboxylic acid groups (broad SMARTS) is 1. The Kier molecular flexibility index (Phi) is 6.15. The number of carboxylic acids is 1. The van der Waals surface area contributed by atoms with E-state index in [0.29, 0.717) is 0 Å². The molecule has 0 bridgehead atoms. The predicted octanol–water partition coefficient (Wildman–Crippen LogP) is 4.69. The van der Waals surface area contributed by atoms with Crippen molar-refractivity contribution in [2.45, 2.75) is 24.2 Å². The van der Waals surface area contributed by atoms with Gasteiger partial charge in [-0.25, -0.2) is 0 Å². The SMILES string of the molecule is O=C(O)Cc1ccc(CCCSc2ccc(Cl)cc2)cc1. The third kappa shape index (κ3) is 5.82. The molecule has 0 heterocycles. The van der Waals surface area contributed by atoms with Crippen LogP contribution in [0, 0.1) is 0 Å². The van der Waals surface area contributed by atoms with E-state index in [1.165, 1.54) is 10.5 Å². The van der Waals surface area contributed by atoms with E-state index < -0.39 is 5.97 Å². The second kappa shape index (κ2) is 8.11. The minimum atomic E-state index is -0.790. The summed E-state index contributed by atoms with van der Waals surface area (Å²) in [6.45, 7) is 0. The van der Waals surface area contributed by atoms with Gasteiger partial charge in [-0.15, -0.1) is 11.8 Å². The number of aliphatic carboxylic acids is 1. The lowest BCUT2D eigenvalue weighted by atomic mass is 10.1. The molecule has 2 nitrogen and oxygen atoms in total. The van der Waals surface area contributed by atoms with Crippen LogP contribution in [0.1, 0.15) is 17.5 Å². The van der Waals surface area contributed by atoms with Gasteiger partial charge in [-0.3, -0.25) is 4.79 Å². The molecule has 2 rings (SSSR count). The number of halogens is 1. The molecule has 2 aromatic rings. The van der Waals surface area contributed by atoms with E-state index in [1.807, 2.05) is 60.3 Å². The molecule has 4 heteroatoms. The summed E-state index contributed by atoms with van der Waals surface area (Å²) < 4.78 is 0. The van der Waals surface area contributed by atoms with Gasteiger partial charge in [0.25, 0.3) is 0 Å². The molecule has 0 spiro atoms. The Labute approximate surface area is 134 Å². The Balaban J connectivity index is 1.73. The molecular weight excluding hydrogens is 304 g/mol. The van der Waals surface area contributed by atoms with Crippen LogP contribution in [0.3, 0.4) is 0 Å². The van der Waals surface area contributed by atoms with Crippen LogP contribution in [0.2, 0.25) is 5.02 Å². The summed E-state index contributed by atoms with van der Waals surface area (Å²) in [5.41, 5.74) is 2.10. The second-order valence-corrected chi connectivity index (χ2v) is 6.40. The number of hydrogen-bond acceptors (Lipinski definition) is 2. The summed E-state index contributed by atoms with van der Waals surface area (Å²) in [6, 6.07) is 15.7. The molecule has 0 amide bonds.